The average molecular weight is 248 g/mol. The maximum atomic E-state index is 12.0. The van der Waals surface area contributed by atoms with Crippen LogP contribution < -0.4 is 0 Å². The molecule has 0 saturated heterocycles. The summed E-state index contributed by atoms with van der Waals surface area (Å²) in [6, 6.07) is 4.88. The van der Waals surface area contributed by atoms with Crippen LogP contribution in [0.1, 0.15) is 11.1 Å². The van der Waals surface area contributed by atoms with E-state index in [2.05, 4.69) is 13.2 Å². The summed E-state index contributed by atoms with van der Waals surface area (Å²) >= 11 is 0. The maximum Gasteiger partial charge on any atom is 0.115 e. The maximum absolute atomic E-state index is 12.0. The van der Waals surface area contributed by atoms with Crippen LogP contribution in [0.3, 0.4) is 0 Å². The van der Waals surface area contributed by atoms with Crippen LogP contribution >= 0.6 is 0 Å². The number of fused-ring (bicyclic) bond motifs is 1. The van der Waals surface area contributed by atoms with Crippen molar-refractivity contribution >= 4 is 16.4 Å². The van der Waals surface area contributed by atoms with Gasteiger partial charge in [0.1, 0.15) is 11.5 Å². The van der Waals surface area contributed by atoms with Crippen LogP contribution in [0, 0.1) is 0 Å². The van der Waals surface area contributed by atoms with Crippen molar-refractivity contribution in [2.45, 2.75) is 5.75 Å². The van der Waals surface area contributed by atoms with E-state index in [4.69, 9.17) is 5.11 Å². The summed E-state index contributed by atoms with van der Waals surface area (Å²) in [5, 5.41) is 18.5. The van der Waals surface area contributed by atoms with Gasteiger partial charge in [-0.1, -0.05) is 19.2 Å². The first-order valence-corrected chi connectivity index (χ1v) is 6.30. The molecule has 2 N–H and O–H groups in total. The summed E-state index contributed by atoms with van der Waals surface area (Å²) in [6.07, 6.45) is 1.37. The number of aliphatic hydroxyl groups excluding tert-OH is 1. The van der Waals surface area contributed by atoms with Crippen LogP contribution in [0.2, 0.25) is 0 Å². The van der Waals surface area contributed by atoms with E-state index in [-0.39, 0.29) is 11.5 Å². The van der Waals surface area contributed by atoms with E-state index in [0.29, 0.717) is 16.2 Å². The number of allylic oxidation sites excluding steroid dienone is 2. The molecule has 2 rings (SSSR count). The highest BCUT2D eigenvalue weighted by atomic mass is 32.2. The van der Waals surface area contributed by atoms with Crippen molar-refractivity contribution in [3.63, 3.8) is 0 Å². The number of aliphatic hydroxyl groups is 1. The van der Waals surface area contributed by atoms with E-state index in [1.165, 1.54) is 6.08 Å². The Hall–Kier alpha value is -1.81. The van der Waals surface area contributed by atoms with Crippen LogP contribution in [-0.4, -0.2) is 14.4 Å². The van der Waals surface area contributed by atoms with Gasteiger partial charge in [0.05, 0.1) is 16.6 Å². The van der Waals surface area contributed by atoms with Gasteiger partial charge in [-0.25, -0.2) is 0 Å². The Morgan fingerprint density at radius 2 is 2.18 bits per heavy atom. The molecule has 0 amide bonds. The second-order valence-corrected chi connectivity index (χ2v) is 5.23. The van der Waals surface area contributed by atoms with Gasteiger partial charge < -0.3 is 10.2 Å². The second-order valence-electron chi connectivity index (χ2n) is 3.81. The van der Waals surface area contributed by atoms with Crippen molar-refractivity contribution in [1.29, 1.82) is 0 Å². The smallest absolute Gasteiger partial charge is 0.115 e. The van der Waals surface area contributed by atoms with Gasteiger partial charge in [-0.15, -0.1) is 0 Å². The standard InChI is InChI=1S/C13H12O3S/c1-8(14)5-13-9(2)12-4-3-11(15)6-10(12)7-17(13)16/h3-6,14-15H,1-2,7H2/b13-5+. The molecular formula is C13H12O3S. The molecule has 1 unspecified atom stereocenters. The van der Waals surface area contributed by atoms with Crippen LogP contribution in [-0.2, 0) is 16.6 Å². The lowest BCUT2D eigenvalue weighted by atomic mass is 10.0. The first-order chi connectivity index (χ1) is 7.99. The lowest BCUT2D eigenvalue weighted by Gasteiger charge is -2.20. The number of hydrogen-bond donors (Lipinski definition) is 2. The molecule has 1 aromatic rings. The predicted octanol–water partition coefficient (Wildman–Crippen LogP) is 2.62. The third kappa shape index (κ3) is 2.17. The van der Waals surface area contributed by atoms with Gasteiger partial charge >= 0.3 is 0 Å². The minimum atomic E-state index is -1.27. The minimum Gasteiger partial charge on any atom is -0.509 e. The average Bonchev–Trinajstić information content (AvgIpc) is 2.23. The lowest BCUT2D eigenvalue weighted by Crippen LogP contribution is -2.10. The largest absolute Gasteiger partial charge is 0.509 e. The van der Waals surface area contributed by atoms with Crippen LogP contribution in [0.25, 0.3) is 5.57 Å². The van der Waals surface area contributed by atoms with E-state index in [1.807, 2.05) is 0 Å². The fourth-order valence-electron chi connectivity index (χ4n) is 1.79. The van der Waals surface area contributed by atoms with Crippen LogP contribution in [0.15, 0.2) is 48.1 Å². The van der Waals surface area contributed by atoms with Gasteiger partial charge in [-0.3, -0.25) is 4.21 Å². The summed E-state index contributed by atoms with van der Waals surface area (Å²) in [5.41, 5.74) is 2.24. The van der Waals surface area contributed by atoms with Crippen molar-refractivity contribution in [2.75, 3.05) is 0 Å². The fourth-order valence-corrected chi connectivity index (χ4v) is 3.12. The van der Waals surface area contributed by atoms with E-state index in [9.17, 15) is 9.32 Å². The zero-order chi connectivity index (χ0) is 12.6. The molecule has 17 heavy (non-hydrogen) atoms. The summed E-state index contributed by atoms with van der Waals surface area (Å²) in [7, 11) is -1.27. The van der Waals surface area contributed by atoms with E-state index >= 15 is 0 Å². The monoisotopic (exact) mass is 248 g/mol. The molecule has 1 aliphatic heterocycles. The number of hydrogen-bond acceptors (Lipinski definition) is 3. The number of phenols is 1. The molecule has 0 fully saturated rings. The van der Waals surface area contributed by atoms with Gasteiger partial charge in [-0.2, -0.15) is 0 Å². The zero-order valence-corrected chi connectivity index (χ0v) is 9.96. The summed E-state index contributed by atoms with van der Waals surface area (Å²) < 4.78 is 12.0. The highest BCUT2D eigenvalue weighted by molar-refractivity contribution is 7.89. The number of phenolic OH excluding ortho intramolecular Hbond substituents is 1. The number of benzene rings is 1. The van der Waals surface area contributed by atoms with Gasteiger partial charge in [0.15, 0.2) is 0 Å². The molecule has 1 aromatic carbocycles. The molecule has 0 bridgehead atoms. The van der Waals surface area contributed by atoms with Crippen molar-refractivity contribution in [2.24, 2.45) is 0 Å². The van der Waals surface area contributed by atoms with E-state index in [1.54, 1.807) is 18.2 Å². The summed E-state index contributed by atoms with van der Waals surface area (Å²) in [5.74, 6) is 0.311. The number of rotatable bonds is 1. The quantitative estimate of drug-likeness (QED) is 0.751. The molecule has 0 saturated carbocycles. The Morgan fingerprint density at radius 3 is 2.82 bits per heavy atom. The van der Waals surface area contributed by atoms with Gasteiger partial charge in [-0.05, 0) is 34.9 Å². The first kappa shape index (κ1) is 11.7. The third-order valence-corrected chi connectivity index (χ3v) is 3.97. The molecule has 88 valence electrons. The van der Waals surface area contributed by atoms with E-state index in [0.717, 1.165) is 11.1 Å². The Morgan fingerprint density at radius 1 is 1.47 bits per heavy atom. The predicted molar refractivity (Wildman–Crippen MR) is 68.8 cm³/mol. The van der Waals surface area contributed by atoms with E-state index < -0.39 is 10.8 Å². The van der Waals surface area contributed by atoms with Crippen LogP contribution in [0.5, 0.6) is 5.75 Å². The molecular weight excluding hydrogens is 236 g/mol. The second kappa shape index (κ2) is 4.22. The van der Waals surface area contributed by atoms with Crippen molar-refractivity contribution in [1.82, 2.24) is 0 Å². The fraction of sp³-hybridized carbons (Fsp3) is 0.0769. The zero-order valence-electron chi connectivity index (χ0n) is 9.14. The first-order valence-electron chi connectivity index (χ1n) is 4.98. The Kier molecular flexibility index (Phi) is 2.90. The van der Waals surface area contributed by atoms with Crippen molar-refractivity contribution in [3.8, 4) is 5.75 Å². The minimum absolute atomic E-state index is 0.142. The SMILES string of the molecule is C=C(O)/C=C1\C(=C)c2ccc(O)cc2CS1=O. The summed E-state index contributed by atoms with van der Waals surface area (Å²) in [6.45, 7) is 7.23. The third-order valence-electron chi connectivity index (χ3n) is 2.54. The molecule has 3 nitrogen and oxygen atoms in total. The summed E-state index contributed by atoms with van der Waals surface area (Å²) in [4.78, 5) is 0.482. The number of aromatic hydroxyl groups is 1. The Bertz CT molecular complexity index is 570. The topological polar surface area (TPSA) is 57.5 Å². The Balaban J connectivity index is 2.55. The Labute approximate surface area is 102 Å². The molecule has 0 aromatic heterocycles. The molecule has 1 atom stereocenters. The molecule has 0 radical (unpaired) electrons. The molecule has 0 spiro atoms. The highest BCUT2D eigenvalue weighted by Crippen LogP contribution is 2.35. The molecule has 1 aliphatic rings. The lowest BCUT2D eigenvalue weighted by molar-refractivity contribution is 0.435. The van der Waals surface area contributed by atoms with Gasteiger partial charge in [0, 0.05) is 4.91 Å². The van der Waals surface area contributed by atoms with Crippen molar-refractivity contribution < 1.29 is 14.4 Å². The molecule has 0 aliphatic carbocycles. The van der Waals surface area contributed by atoms with Crippen molar-refractivity contribution in [3.05, 3.63) is 59.2 Å². The molecule has 1 heterocycles. The highest BCUT2D eigenvalue weighted by Gasteiger charge is 2.23. The van der Waals surface area contributed by atoms with Gasteiger partial charge in [0.2, 0.25) is 0 Å². The normalized spacial score (nSPS) is 21.3. The van der Waals surface area contributed by atoms with Crippen LogP contribution in [0.4, 0.5) is 0 Å². The van der Waals surface area contributed by atoms with Gasteiger partial charge in [0.25, 0.3) is 0 Å². The molecule has 4 heteroatoms.